The van der Waals surface area contributed by atoms with E-state index in [2.05, 4.69) is 20.0 Å². The van der Waals surface area contributed by atoms with Gasteiger partial charge in [0.15, 0.2) is 0 Å². The summed E-state index contributed by atoms with van der Waals surface area (Å²) in [6.45, 7) is 4.48. The molecule has 1 aromatic rings. The lowest BCUT2D eigenvalue weighted by Crippen LogP contribution is -2.47. The normalized spacial score (nSPS) is 17.7. The Morgan fingerprint density at radius 3 is 2.75 bits per heavy atom. The van der Waals surface area contributed by atoms with Crippen molar-refractivity contribution in [2.45, 2.75) is 0 Å². The van der Waals surface area contributed by atoms with Crippen molar-refractivity contribution >= 4 is 5.69 Å². The Labute approximate surface area is 93.5 Å². The van der Waals surface area contributed by atoms with Gasteiger partial charge in [0.05, 0.1) is 18.5 Å². The zero-order chi connectivity index (χ0) is 11.4. The number of aliphatic hydroxyl groups is 1. The number of aliphatic hydroxyl groups excluding tert-OH is 1. The van der Waals surface area contributed by atoms with Crippen LogP contribution < -0.4 is 10.5 Å². The smallest absolute Gasteiger partial charge is 0.266 e. The quantitative estimate of drug-likeness (QED) is 0.681. The van der Waals surface area contributed by atoms with Gasteiger partial charge in [-0.2, -0.15) is 5.10 Å². The van der Waals surface area contributed by atoms with Gasteiger partial charge in [-0.3, -0.25) is 9.69 Å². The second-order valence-corrected chi connectivity index (χ2v) is 3.86. The molecule has 0 amide bonds. The molecule has 1 aromatic heterocycles. The maximum Gasteiger partial charge on any atom is 0.266 e. The highest BCUT2D eigenvalue weighted by atomic mass is 16.3. The van der Waals surface area contributed by atoms with Crippen LogP contribution in [0.4, 0.5) is 5.69 Å². The molecule has 1 fully saturated rings. The topological polar surface area (TPSA) is 72.5 Å². The van der Waals surface area contributed by atoms with E-state index in [4.69, 9.17) is 5.11 Å². The van der Waals surface area contributed by atoms with Crippen molar-refractivity contribution in [2.75, 3.05) is 44.2 Å². The van der Waals surface area contributed by atoms with Crippen LogP contribution in [0.25, 0.3) is 0 Å². The number of nitrogens with one attached hydrogen (secondary N) is 1. The van der Waals surface area contributed by atoms with Crippen molar-refractivity contribution in [1.82, 2.24) is 15.1 Å². The summed E-state index contributed by atoms with van der Waals surface area (Å²) in [6.07, 6.45) is 1.67. The number of β-amino-alcohol motifs (C(OH)–C–C–N with tert-alkyl or cyclic N) is 1. The summed E-state index contributed by atoms with van der Waals surface area (Å²) in [6, 6.07) is 1.56. The Kier molecular flexibility index (Phi) is 3.53. The van der Waals surface area contributed by atoms with Gasteiger partial charge in [0.2, 0.25) is 0 Å². The van der Waals surface area contributed by atoms with Crippen molar-refractivity contribution in [3.8, 4) is 0 Å². The Balaban J connectivity index is 1.96. The standard InChI is InChI=1S/C10H16N4O2/c15-6-5-13-1-3-14(4-2-13)9-7-10(16)12-11-8-9/h7-8,15H,1-6H2,(H,12,16). The van der Waals surface area contributed by atoms with Gasteiger partial charge in [-0.05, 0) is 0 Å². The first-order valence-electron chi connectivity index (χ1n) is 5.42. The van der Waals surface area contributed by atoms with Gasteiger partial charge < -0.3 is 10.0 Å². The molecule has 6 heteroatoms. The molecule has 0 radical (unpaired) electrons. The van der Waals surface area contributed by atoms with Crippen LogP contribution in [0.1, 0.15) is 0 Å². The summed E-state index contributed by atoms with van der Waals surface area (Å²) < 4.78 is 0. The number of H-pyrrole nitrogens is 1. The summed E-state index contributed by atoms with van der Waals surface area (Å²) in [4.78, 5) is 15.5. The highest BCUT2D eigenvalue weighted by molar-refractivity contribution is 5.43. The molecule has 0 bridgehead atoms. The minimum Gasteiger partial charge on any atom is -0.395 e. The SMILES string of the molecule is O=c1cc(N2CCN(CCO)CC2)cn[nH]1. The minimum atomic E-state index is -0.171. The van der Waals surface area contributed by atoms with Crippen LogP contribution in [0, 0.1) is 0 Å². The number of aromatic nitrogens is 2. The van der Waals surface area contributed by atoms with Gasteiger partial charge in [-0.25, -0.2) is 5.10 Å². The van der Waals surface area contributed by atoms with E-state index >= 15 is 0 Å². The summed E-state index contributed by atoms with van der Waals surface area (Å²) in [5, 5.41) is 15.0. The van der Waals surface area contributed by atoms with Gasteiger partial charge >= 0.3 is 0 Å². The third-order valence-corrected chi connectivity index (χ3v) is 2.80. The molecule has 2 N–H and O–H groups in total. The van der Waals surface area contributed by atoms with Crippen LogP contribution in [-0.2, 0) is 0 Å². The fraction of sp³-hybridized carbons (Fsp3) is 0.600. The largest absolute Gasteiger partial charge is 0.395 e. The third kappa shape index (κ3) is 2.59. The lowest BCUT2D eigenvalue weighted by Gasteiger charge is -2.35. The molecule has 88 valence electrons. The van der Waals surface area contributed by atoms with E-state index in [9.17, 15) is 4.79 Å². The van der Waals surface area contributed by atoms with Crippen LogP contribution in [0.5, 0.6) is 0 Å². The molecule has 1 saturated heterocycles. The molecule has 0 unspecified atom stereocenters. The second-order valence-electron chi connectivity index (χ2n) is 3.86. The van der Waals surface area contributed by atoms with Crippen LogP contribution in [0.15, 0.2) is 17.1 Å². The Morgan fingerprint density at radius 1 is 1.38 bits per heavy atom. The zero-order valence-electron chi connectivity index (χ0n) is 9.09. The number of anilines is 1. The molecule has 2 heterocycles. The lowest BCUT2D eigenvalue weighted by atomic mass is 10.3. The maximum absolute atomic E-state index is 11.1. The van der Waals surface area contributed by atoms with E-state index in [-0.39, 0.29) is 12.2 Å². The van der Waals surface area contributed by atoms with Gasteiger partial charge in [-0.15, -0.1) is 0 Å². The molecule has 0 saturated carbocycles. The van der Waals surface area contributed by atoms with Crippen molar-refractivity contribution in [1.29, 1.82) is 0 Å². The van der Waals surface area contributed by atoms with Crippen LogP contribution in [0.2, 0.25) is 0 Å². The maximum atomic E-state index is 11.1. The highest BCUT2D eigenvalue weighted by Gasteiger charge is 2.16. The van der Waals surface area contributed by atoms with Gasteiger partial charge in [0.25, 0.3) is 5.56 Å². The number of nitrogens with zero attached hydrogens (tertiary/aromatic N) is 3. The van der Waals surface area contributed by atoms with Crippen molar-refractivity contribution in [3.05, 3.63) is 22.6 Å². The van der Waals surface area contributed by atoms with E-state index in [1.807, 2.05) is 0 Å². The molecule has 6 nitrogen and oxygen atoms in total. The first-order chi connectivity index (χ1) is 7.79. The van der Waals surface area contributed by atoms with E-state index in [1.54, 1.807) is 12.3 Å². The van der Waals surface area contributed by atoms with Gasteiger partial charge in [0, 0.05) is 38.8 Å². The van der Waals surface area contributed by atoms with Gasteiger partial charge in [0.1, 0.15) is 0 Å². The first kappa shape index (κ1) is 11.1. The molecule has 2 rings (SSSR count). The molecule has 16 heavy (non-hydrogen) atoms. The van der Waals surface area contributed by atoms with Crippen molar-refractivity contribution in [2.24, 2.45) is 0 Å². The molecule has 1 aliphatic heterocycles. The average molecular weight is 224 g/mol. The van der Waals surface area contributed by atoms with Crippen LogP contribution in [0.3, 0.4) is 0 Å². The third-order valence-electron chi connectivity index (χ3n) is 2.80. The predicted molar refractivity (Wildman–Crippen MR) is 60.6 cm³/mol. The Morgan fingerprint density at radius 2 is 2.12 bits per heavy atom. The van der Waals surface area contributed by atoms with Crippen molar-refractivity contribution in [3.63, 3.8) is 0 Å². The molecule has 0 atom stereocenters. The first-order valence-corrected chi connectivity index (χ1v) is 5.42. The molecule has 1 aliphatic rings. The number of hydrogen-bond donors (Lipinski definition) is 2. The molecule has 0 aliphatic carbocycles. The predicted octanol–water partition coefficient (Wildman–Crippen LogP) is -1.12. The van der Waals surface area contributed by atoms with E-state index in [0.29, 0.717) is 0 Å². The Hall–Kier alpha value is -1.40. The Bertz CT molecular complexity index is 384. The van der Waals surface area contributed by atoms with Crippen LogP contribution in [-0.4, -0.2) is 59.5 Å². The minimum absolute atomic E-state index is 0.171. The molecular formula is C10H16N4O2. The summed E-state index contributed by atoms with van der Waals surface area (Å²) in [7, 11) is 0. The molecule has 0 aromatic carbocycles. The lowest BCUT2D eigenvalue weighted by molar-refractivity contribution is 0.188. The monoisotopic (exact) mass is 224 g/mol. The summed E-state index contributed by atoms with van der Waals surface area (Å²) in [5.74, 6) is 0. The van der Waals surface area contributed by atoms with Crippen LogP contribution >= 0.6 is 0 Å². The summed E-state index contributed by atoms with van der Waals surface area (Å²) in [5.41, 5.74) is 0.697. The number of aromatic amines is 1. The second kappa shape index (κ2) is 5.09. The zero-order valence-corrected chi connectivity index (χ0v) is 9.09. The summed E-state index contributed by atoms with van der Waals surface area (Å²) >= 11 is 0. The molecule has 0 spiro atoms. The number of rotatable bonds is 3. The highest BCUT2D eigenvalue weighted by Crippen LogP contribution is 2.11. The van der Waals surface area contributed by atoms with Crippen molar-refractivity contribution < 1.29 is 5.11 Å². The van der Waals surface area contributed by atoms with E-state index in [1.165, 1.54) is 0 Å². The fourth-order valence-electron chi connectivity index (χ4n) is 1.91. The average Bonchev–Trinajstić information content (AvgIpc) is 2.30. The van der Waals surface area contributed by atoms with E-state index in [0.717, 1.165) is 38.4 Å². The molecular weight excluding hydrogens is 208 g/mol. The number of piperazine rings is 1. The van der Waals surface area contributed by atoms with Gasteiger partial charge in [-0.1, -0.05) is 0 Å². The van der Waals surface area contributed by atoms with E-state index < -0.39 is 0 Å². The number of hydrogen-bond acceptors (Lipinski definition) is 5. The fourth-order valence-corrected chi connectivity index (χ4v) is 1.91.